The minimum Gasteiger partial charge on any atom is -0.455 e. The lowest BCUT2D eigenvalue weighted by Crippen LogP contribution is -2.11. The Morgan fingerprint density at radius 1 is 0.327 bits per heavy atom. The number of benzene rings is 9. The first-order valence-electron chi connectivity index (χ1n) is 17.8. The molecule has 0 unspecified atom stereocenters. The normalized spacial score (nSPS) is 11.5. The summed E-state index contributed by atoms with van der Waals surface area (Å²) in [6.45, 7) is 0. The second kappa shape index (κ2) is 12.5. The van der Waals surface area contributed by atoms with Gasteiger partial charge in [-0.05, 0) is 98.6 Å². The van der Waals surface area contributed by atoms with E-state index in [0.717, 1.165) is 55.5 Å². The largest absolute Gasteiger partial charge is 0.455 e. The minimum absolute atomic E-state index is 0.918. The Morgan fingerprint density at radius 3 is 1.67 bits per heavy atom. The molecule has 52 heavy (non-hydrogen) atoms. The zero-order valence-corrected chi connectivity index (χ0v) is 28.4. The maximum atomic E-state index is 6.40. The van der Waals surface area contributed by atoms with Gasteiger partial charge in [-0.1, -0.05) is 146 Å². The minimum atomic E-state index is 0.918. The third kappa shape index (κ3) is 5.21. The molecule has 2 nitrogen and oxygen atoms in total. The molecule has 0 aliphatic carbocycles. The van der Waals surface area contributed by atoms with E-state index in [4.69, 9.17) is 4.42 Å². The first kappa shape index (κ1) is 30.0. The highest BCUT2D eigenvalue weighted by molar-refractivity contribution is 6.15. The Bertz CT molecular complexity index is 2890. The molecule has 0 saturated carbocycles. The Morgan fingerprint density at radius 2 is 0.904 bits per heavy atom. The quantitative estimate of drug-likeness (QED) is 0.176. The van der Waals surface area contributed by atoms with E-state index in [1.54, 1.807) is 0 Å². The molecule has 0 radical (unpaired) electrons. The molecule has 0 amide bonds. The number of nitrogens with zero attached hydrogens (tertiary/aromatic N) is 1. The predicted molar refractivity (Wildman–Crippen MR) is 220 cm³/mol. The van der Waals surface area contributed by atoms with Crippen LogP contribution in [0.2, 0.25) is 0 Å². The van der Waals surface area contributed by atoms with Gasteiger partial charge in [0.05, 0.1) is 5.69 Å². The lowest BCUT2D eigenvalue weighted by Gasteiger charge is -2.28. The molecule has 9 aromatic carbocycles. The number of hydrogen-bond acceptors (Lipinski definition) is 2. The van der Waals surface area contributed by atoms with Crippen LogP contribution in [0.15, 0.2) is 205 Å². The molecule has 0 spiro atoms. The zero-order chi connectivity index (χ0) is 34.4. The zero-order valence-electron chi connectivity index (χ0n) is 28.4. The van der Waals surface area contributed by atoms with Gasteiger partial charge in [-0.15, -0.1) is 0 Å². The molecule has 244 valence electrons. The fourth-order valence-corrected chi connectivity index (χ4v) is 7.61. The van der Waals surface area contributed by atoms with Crippen LogP contribution in [0.5, 0.6) is 0 Å². The van der Waals surface area contributed by atoms with Gasteiger partial charge < -0.3 is 9.32 Å². The summed E-state index contributed by atoms with van der Waals surface area (Å²) in [5.41, 5.74) is 12.2. The Balaban J connectivity index is 1.07. The van der Waals surface area contributed by atoms with Gasteiger partial charge >= 0.3 is 0 Å². The molecule has 0 fully saturated rings. The molecule has 0 saturated heterocycles. The fraction of sp³-hybridized carbons (Fsp3) is 0. The van der Waals surface area contributed by atoms with Crippen LogP contribution >= 0.6 is 0 Å². The van der Waals surface area contributed by atoms with E-state index in [2.05, 4.69) is 193 Å². The molecule has 0 bridgehead atoms. The van der Waals surface area contributed by atoms with E-state index in [-0.39, 0.29) is 0 Å². The number of hydrogen-bond donors (Lipinski definition) is 0. The van der Waals surface area contributed by atoms with E-state index in [9.17, 15) is 0 Å². The van der Waals surface area contributed by atoms with Crippen molar-refractivity contribution in [3.63, 3.8) is 0 Å². The Labute approximate surface area is 302 Å². The van der Waals surface area contributed by atoms with Gasteiger partial charge in [0.15, 0.2) is 0 Å². The number of rotatable bonds is 6. The summed E-state index contributed by atoms with van der Waals surface area (Å²) >= 11 is 0. The third-order valence-corrected chi connectivity index (χ3v) is 10.3. The van der Waals surface area contributed by atoms with Crippen LogP contribution in [0, 0.1) is 0 Å². The van der Waals surface area contributed by atoms with E-state index in [1.807, 2.05) is 12.1 Å². The van der Waals surface area contributed by atoms with Crippen LogP contribution in [0.25, 0.3) is 76.9 Å². The van der Waals surface area contributed by atoms with Gasteiger partial charge in [0, 0.05) is 33.1 Å². The van der Waals surface area contributed by atoms with E-state index in [1.165, 1.54) is 38.4 Å². The molecule has 0 aliphatic rings. The molecule has 1 aromatic heterocycles. The molecular weight excluding hydrogens is 631 g/mol. The van der Waals surface area contributed by atoms with Crippen molar-refractivity contribution in [3.8, 4) is 33.4 Å². The highest BCUT2D eigenvalue weighted by atomic mass is 16.3. The van der Waals surface area contributed by atoms with Crippen molar-refractivity contribution in [2.45, 2.75) is 0 Å². The number of anilines is 3. The highest BCUT2D eigenvalue weighted by Gasteiger charge is 2.18. The maximum Gasteiger partial charge on any atom is 0.143 e. The third-order valence-electron chi connectivity index (χ3n) is 10.3. The predicted octanol–water partition coefficient (Wildman–Crippen LogP) is 14.4. The van der Waals surface area contributed by atoms with Gasteiger partial charge in [-0.2, -0.15) is 0 Å². The SMILES string of the molecule is c1ccc(-c2ccccc2N(c2ccc(-c3ccc4ccccc4c3)cc2)c2ccc(-c3ccc4ccc5c6ccccc6oc5c4c3)cc2)cc1. The topological polar surface area (TPSA) is 16.4 Å². The molecule has 0 atom stereocenters. The molecule has 0 aliphatic heterocycles. The van der Waals surface area contributed by atoms with Crippen molar-refractivity contribution in [3.05, 3.63) is 200 Å². The van der Waals surface area contributed by atoms with Gasteiger partial charge in [0.2, 0.25) is 0 Å². The van der Waals surface area contributed by atoms with Crippen molar-refractivity contribution < 1.29 is 4.42 Å². The van der Waals surface area contributed by atoms with Crippen LogP contribution in [-0.4, -0.2) is 0 Å². The van der Waals surface area contributed by atoms with E-state index in [0.29, 0.717) is 0 Å². The van der Waals surface area contributed by atoms with Gasteiger partial charge in [-0.3, -0.25) is 0 Å². The summed E-state index contributed by atoms with van der Waals surface area (Å²) < 4.78 is 6.40. The van der Waals surface area contributed by atoms with Gasteiger partial charge in [-0.25, -0.2) is 0 Å². The van der Waals surface area contributed by atoms with Gasteiger partial charge in [0.25, 0.3) is 0 Å². The first-order valence-corrected chi connectivity index (χ1v) is 17.8. The van der Waals surface area contributed by atoms with Crippen LogP contribution < -0.4 is 4.90 Å². The lowest BCUT2D eigenvalue weighted by atomic mass is 9.98. The molecule has 0 N–H and O–H groups in total. The second-order valence-corrected chi connectivity index (χ2v) is 13.4. The summed E-state index contributed by atoms with van der Waals surface area (Å²) in [4.78, 5) is 2.37. The standard InChI is InChI=1S/C50H33NO/c1-2-11-37(12-3-1)44-14-6-8-16-48(44)51(42-27-22-35(23-28-42)40-20-18-34-10-4-5-13-39(34)32-40)43-29-24-36(25-30-43)41-21-19-38-26-31-46-45-15-7-9-17-49(45)52-50(46)47(38)33-41/h1-33H. The molecule has 2 heteroatoms. The molecular formula is C50H33NO. The van der Waals surface area contributed by atoms with Crippen molar-refractivity contribution in [2.24, 2.45) is 0 Å². The fourth-order valence-electron chi connectivity index (χ4n) is 7.61. The Hall–Kier alpha value is -6.90. The van der Waals surface area contributed by atoms with Crippen LogP contribution in [0.3, 0.4) is 0 Å². The average Bonchev–Trinajstić information content (AvgIpc) is 3.61. The number of fused-ring (bicyclic) bond motifs is 6. The van der Waals surface area contributed by atoms with Crippen LogP contribution in [0.4, 0.5) is 17.1 Å². The Kier molecular flexibility index (Phi) is 7.18. The first-order chi connectivity index (χ1) is 25.8. The van der Waals surface area contributed by atoms with Crippen molar-refractivity contribution in [2.75, 3.05) is 4.90 Å². The average molecular weight is 664 g/mol. The molecule has 10 aromatic rings. The van der Waals surface area contributed by atoms with Crippen molar-refractivity contribution in [1.29, 1.82) is 0 Å². The maximum absolute atomic E-state index is 6.40. The van der Waals surface area contributed by atoms with E-state index < -0.39 is 0 Å². The van der Waals surface area contributed by atoms with E-state index >= 15 is 0 Å². The summed E-state index contributed by atoms with van der Waals surface area (Å²) in [7, 11) is 0. The second-order valence-electron chi connectivity index (χ2n) is 13.4. The van der Waals surface area contributed by atoms with Crippen LogP contribution in [-0.2, 0) is 0 Å². The lowest BCUT2D eigenvalue weighted by molar-refractivity contribution is 0.672. The van der Waals surface area contributed by atoms with Crippen LogP contribution in [0.1, 0.15) is 0 Å². The summed E-state index contributed by atoms with van der Waals surface area (Å²) in [6, 6.07) is 71.7. The highest BCUT2D eigenvalue weighted by Crippen LogP contribution is 2.42. The summed E-state index contributed by atoms with van der Waals surface area (Å²) in [5.74, 6) is 0. The monoisotopic (exact) mass is 663 g/mol. The summed E-state index contributed by atoms with van der Waals surface area (Å²) in [5, 5.41) is 7.09. The molecule has 10 rings (SSSR count). The number of para-hydroxylation sites is 2. The summed E-state index contributed by atoms with van der Waals surface area (Å²) in [6.07, 6.45) is 0. The number of furan rings is 1. The molecule has 1 heterocycles. The van der Waals surface area contributed by atoms with Crippen molar-refractivity contribution in [1.82, 2.24) is 0 Å². The van der Waals surface area contributed by atoms with Gasteiger partial charge in [0.1, 0.15) is 11.2 Å². The van der Waals surface area contributed by atoms with Crippen molar-refractivity contribution >= 4 is 60.5 Å². The smallest absolute Gasteiger partial charge is 0.143 e.